The molecule has 6 nitrogen and oxygen atoms in total. The lowest BCUT2D eigenvalue weighted by Gasteiger charge is -2.36. The molecular formula is C26H24N4O2. The topological polar surface area (TPSA) is 76.4 Å². The summed E-state index contributed by atoms with van der Waals surface area (Å²) in [6.45, 7) is 3.76. The number of anilines is 2. The molecular weight excluding hydrogens is 400 g/mol. The van der Waals surface area contributed by atoms with Gasteiger partial charge in [0, 0.05) is 25.2 Å². The number of nitrogens with zero attached hydrogens (tertiary/aromatic N) is 3. The molecule has 3 aromatic carbocycles. The summed E-state index contributed by atoms with van der Waals surface area (Å²) < 4.78 is 0. The van der Waals surface area contributed by atoms with Crippen molar-refractivity contribution in [2.75, 3.05) is 23.3 Å². The summed E-state index contributed by atoms with van der Waals surface area (Å²) in [5, 5.41) is 12.1. The molecule has 32 heavy (non-hydrogen) atoms. The standard InChI is InChI=1S/C26H24N4O2/c1-19-11-12-24(23(15-19)28-25(31)22-10-5-9-21(16-22)17-27)30-14-6-13-29(26(30)32)18-20-7-3-2-4-8-20/h2-5,7-12,15-16H,6,13-14,18H2,1H3,(H,28,31). The molecule has 1 heterocycles. The van der Waals surface area contributed by atoms with Gasteiger partial charge in [0.2, 0.25) is 0 Å². The van der Waals surface area contributed by atoms with Crippen molar-refractivity contribution in [3.05, 3.63) is 95.1 Å². The molecule has 1 saturated heterocycles. The van der Waals surface area contributed by atoms with Crippen molar-refractivity contribution < 1.29 is 9.59 Å². The number of nitriles is 1. The molecule has 0 atom stereocenters. The van der Waals surface area contributed by atoms with Gasteiger partial charge < -0.3 is 10.2 Å². The Labute approximate surface area is 187 Å². The summed E-state index contributed by atoms with van der Waals surface area (Å²) in [4.78, 5) is 29.8. The zero-order valence-electron chi connectivity index (χ0n) is 17.9. The number of carbonyl (C=O) groups excluding carboxylic acids is 2. The van der Waals surface area contributed by atoms with E-state index in [1.807, 2.05) is 60.4 Å². The van der Waals surface area contributed by atoms with Crippen LogP contribution < -0.4 is 10.2 Å². The zero-order valence-corrected chi connectivity index (χ0v) is 17.9. The number of hydrogen-bond acceptors (Lipinski definition) is 3. The van der Waals surface area contributed by atoms with Gasteiger partial charge >= 0.3 is 6.03 Å². The second kappa shape index (κ2) is 9.36. The third kappa shape index (κ3) is 4.62. The van der Waals surface area contributed by atoms with Gasteiger partial charge in [-0.3, -0.25) is 9.69 Å². The minimum atomic E-state index is -0.320. The maximum Gasteiger partial charge on any atom is 0.324 e. The molecule has 0 aromatic heterocycles. The van der Waals surface area contributed by atoms with Crippen LogP contribution in [0.5, 0.6) is 0 Å². The normalized spacial score (nSPS) is 13.6. The van der Waals surface area contributed by atoms with E-state index in [2.05, 4.69) is 11.4 Å². The van der Waals surface area contributed by atoms with Crippen LogP contribution in [-0.2, 0) is 6.54 Å². The van der Waals surface area contributed by atoms with Crippen molar-refractivity contribution in [2.24, 2.45) is 0 Å². The molecule has 3 aromatic rings. The van der Waals surface area contributed by atoms with Gasteiger partial charge in [-0.25, -0.2) is 4.79 Å². The van der Waals surface area contributed by atoms with Gasteiger partial charge in [-0.05, 0) is 54.8 Å². The van der Waals surface area contributed by atoms with Crippen molar-refractivity contribution in [1.82, 2.24) is 4.90 Å². The van der Waals surface area contributed by atoms with Crippen molar-refractivity contribution in [2.45, 2.75) is 19.9 Å². The minimum Gasteiger partial charge on any atom is -0.320 e. The Balaban J connectivity index is 1.59. The Hall–Kier alpha value is -4.11. The summed E-state index contributed by atoms with van der Waals surface area (Å²) in [5.74, 6) is -0.320. The van der Waals surface area contributed by atoms with E-state index in [1.165, 1.54) is 0 Å². The third-order valence-corrected chi connectivity index (χ3v) is 5.47. The van der Waals surface area contributed by atoms with Gasteiger partial charge in [0.25, 0.3) is 5.91 Å². The van der Waals surface area contributed by atoms with Crippen LogP contribution in [0.25, 0.3) is 0 Å². The first kappa shape index (κ1) is 21.1. The largest absolute Gasteiger partial charge is 0.324 e. The van der Waals surface area contributed by atoms with Gasteiger partial charge in [-0.1, -0.05) is 42.5 Å². The first-order valence-corrected chi connectivity index (χ1v) is 10.6. The number of urea groups is 1. The van der Waals surface area contributed by atoms with Crippen LogP contribution >= 0.6 is 0 Å². The second-order valence-electron chi connectivity index (χ2n) is 7.86. The van der Waals surface area contributed by atoms with Crippen LogP contribution in [0.1, 0.15) is 33.5 Å². The summed E-state index contributed by atoms with van der Waals surface area (Å²) >= 11 is 0. The average Bonchev–Trinajstić information content (AvgIpc) is 2.81. The summed E-state index contributed by atoms with van der Waals surface area (Å²) in [6.07, 6.45) is 0.837. The highest BCUT2D eigenvalue weighted by Gasteiger charge is 2.28. The number of nitrogens with one attached hydrogen (secondary N) is 1. The van der Waals surface area contributed by atoms with E-state index >= 15 is 0 Å². The molecule has 160 valence electrons. The Morgan fingerprint density at radius 2 is 1.84 bits per heavy atom. The van der Waals surface area contributed by atoms with Crippen molar-refractivity contribution in [3.63, 3.8) is 0 Å². The van der Waals surface area contributed by atoms with Crippen LogP contribution in [0.4, 0.5) is 16.2 Å². The van der Waals surface area contributed by atoms with E-state index in [-0.39, 0.29) is 11.9 Å². The molecule has 0 unspecified atom stereocenters. The molecule has 1 aliphatic rings. The van der Waals surface area contributed by atoms with Crippen LogP contribution in [0.15, 0.2) is 72.8 Å². The number of benzene rings is 3. The molecule has 6 heteroatoms. The Bertz CT molecular complexity index is 1180. The van der Waals surface area contributed by atoms with Gasteiger partial charge in [-0.2, -0.15) is 5.26 Å². The second-order valence-corrected chi connectivity index (χ2v) is 7.86. The molecule has 0 spiro atoms. The van der Waals surface area contributed by atoms with E-state index in [4.69, 9.17) is 5.26 Å². The maximum atomic E-state index is 13.3. The van der Waals surface area contributed by atoms with Crippen LogP contribution in [0.3, 0.4) is 0 Å². The first-order chi connectivity index (χ1) is 15.5. The predicted octanol–water partition coefficient (Wildman–Crippen LogP) is 4.95. The molecule has 1 aliphatic heterocycles. The smallest absolute Gasteiger partial charge is 0.320 e. The van der Waals surface area contributed by atoms with Crippen LogP contribution in [0.2, 0.25) is 0 Å². The predicted molar refractivity (Wildman–Crippen MR) is 125 cm³/mol. The first-order valence-electron chi connectivity index (χ1n) is 10.6. The fourth-order valence-electron chi connectivity index (χ4n) is 3.87. The molecule has 1 N–H and O–H groups in total. The fourth-order valence-corrected chi connectivity index (χ4v) is 3.87. The van der Waals surface area contributed by atoms with E-state index < -0.39 is 0 Å². The number of hydrogen-bond donors (Lipinski definition) is 1. The van der Waals surface area contributed by atoms with Crippen molar-refractivity contribution in [1.29, 1.82) is 5.26 Å². The zero-order chi connectivity index (χ0) is 22.5. The molecule has 0 bridgehead atoms. The molecule has 0 aliphatic carbocycles. The number of amides is 3. The summed E-state index contributed by atoms with van der Waals surface area (Å²) in [6, 6.07) is 24.1. The maximum absolute atomic E-state index is 13.3. The molecule has 4 rings (SSSR count). The quantitative estimate of drug-likeness (QED) is 0.629. The van der Waals surface area contributed by atoms with E-state index in [9.17, 15) is 9.59 Å². The van der Waals surface area contributed by atoms with E-state index in [0.29, 0.717) is 42.1 Å². The number of aryl methyl sites for hydroxylation is 1. The number of carbonyl (C=O) groups is 2. The monoisotopic (exact) mass is 424 g/mol. The van der Waals surface area contributed by atoms with E-state index in [1.54, 1.807) is 29.2 Å². The van der Waals surface area contributed by atoms with Crippen molar-refractivity contribution in [3.8, 4) is 6.07 Å². The summed E-state index contributed by atoms with van der Waals surface area (Å²) in [7, 11) is 0. The van der Waals surface area contributed by atoms with E-state index in [0.717, 1.165) is 17.5 Å². The Morgan fingerprint density at radius 3 is 2.62 bits per heavy atom. The summed E-state index contributed by atoms with van der Waals surface area (Å²) in [5.41, 5.74) is 4.12. The highest BCUT2D eigenvalue weighted by Crippen LogP contribution is 2.31. The Kier molecular flexibility index (Phi) is 6.18. The molecule has 3 amide bonds. The lowest BCUT2D eigenvalue weighted by molar-refractivity contribution is 0.102. The third-order valence-electron chi connectivity index (χ3n) is 5.47. The highest BCUT2D eigenvalue weighted by atomic mass is 16.2. The molecule has 0 radical (unpaired) electrons. The lowest BCUT2D eigenvalue weighted by atomic mass is 10.1. The van der Waals surface area contributed by atoms with Crippen molar-refractivity contribution >= 4 is 23.3 Å². The van der Waals surface area contributed by atoms with Crippen LogP contribution in [-0.4, -0.2) is 29.9 Å². The lowest BCUT2D eigenvalue weighted by Crippen LogP contribution is -2.49. The van der Waals surface area contributed by atoms with Crippen LogP contribution in [0, 0.1) is 18.3 Å². The minimum absolute atomic E-state index is 0.0778. The highest BCUT2D eigenvalue weighted by molar-refractivity contribution is 6.07. The van der Waals surface area contributed by atoms with Gasteiger partial charge in [0.1, 0.15) is 0 Å². The van der Waals surface area contributed by atoms with Gasteiger partial charge in [0.15, 0.2) is 0 Å². The molecule has 1 fully saturated rings. The number of rotatable bonds is 5. The Morgan fingerprint density at radius 1 is 1.03 bits per heavy atom. The average molecular weight is 425 g/mol. The molecule has 0 saturated carbocycles. The SMILES string of the molecule is Cc1ccc(N2CCCN(Cc3ccccc3)C2=O)c(NC(=O)c2cccc(C#N)c2)c1. The fraction of sp³-hybridized carbons (Fsp3) is 0.192. The van der Waals surface area contributed by atoms with Gasteiger partial charge in [0.05, 0.1) is 23.0 Å². The van der Waals surface area contributed by atoms with Gasteiger partial charge in [-0.15, -0.1) is 0 Å².